The van der Waals surface area contributed by atoms with Crippen molar-refractivity contribution in [2.24, 2.45) is 0 Å². The fourth-order valence-corrected chi connectivity index (χ4v) is 3.55. The molecule has 1 fully saturated rings. The molecule has 134 valence electrons. The first kappa shape index (κ1) is 17.6. The van der Waals surface area contributed by atoms with Crippen LogP contribution in [0.2, 0.25) is 0 Å². The number of carbonyl (C=O) groups is 2. The zero-order chi connectivity index (χ0) is 18.0. The molecule has 2 aromatic heterocycles. The van der Waals surface area contributed by atoms with Crippen molar-refractivity contribution >= 4 is 28.3 Å². The molecule has 1 aliphatic heterocycles. The van der Waals surface area contributed by atoms with Gasteiger partial charge in [-0.2, -0.15) is 5.10 Å². The lowest BCUT2D eigenvalue weighted by Crippen LogP contribution is -2.52. The van der Waals surface area contributed by atoms with Crippen molar-refractivity contribution < 1.29 is 9.59 Å². The summed E-state index contributed by atoms with van der Waals surface area (Å²) in [6.45, 7) is 5.86. The zero-order valence-electron chi connectivity index (χ0n) is 14.5. The number of nitrogens with one attached hydrogen (secondary N) is 3. The fraction of sp³-hybridized carbons (Fsp3) is 0.500. The van der Waals surface area contributed by atoms with Crippen LogP contribution in [0, 0.1) is 13.8 Å². The van der Waals surface area contributed by atoms with Crippen LogP contribution in [0.4, 0.5) is 5.13 Å². The van der Waals surface area contributed by atoms with Crippen LogP contribution >= 0.6 is 11.3 Å². The molecule has 0 radical (unpaired) electrons. The Morgan fingerprint density at radius 2 is 2.28 bits per heavy atom. The molecule has 2 atom stereocenters. The summed E-state index contributed by atoms with van der Waals surface area (Å²) in [7, 11) is 0. The second-order valence-corrected chi connectivity index (χ2v) is 7.12. The Labute approximate surface area is 150 Å². The molecule has 0 bridgehead atoms. The van der Waals surface area contributed by atoms with Crippen molar-refractivity contribution in [3.63, 3.8) is 0 Å². The number of nitrogens with zero attached hydrogens (tertiary/aromatic N) is 3. The number of rotatable bonds is 5. The lowest BCUT2D eigenvalue weighted by molar-refractivity contribution is -0.125. The highest BCUT2D eigenvalue weighted by atomic mass is 32.1. The van der Waals surface area contributed by atoms with Crippen molar-refractivity contribution in [3.05, 3.63) is 28.5 Å². The molecule has 1 saturated heterocycles. The molecule has 2 unspecified atom stereocenters. The second-order valence-electron chi connectivity index (χ2n) is 6.22. The van der Waals surface area contributed by atoms with Gasteiger partial charge in [0.25, 0.3) is 0 Å². The Hall–Kier alpha value is -2.26. The third-order valence-corrected chi connectivity index (χ3v) is 4.92. The number of hydrogen-bond acceptors (Lipinski definition) is 6. The Morgan fingerprint density at radius 3 is 2.96 bits per heavy atom. The quantitative estimate of drug-likeness (QED) is 0.748. The van der Waals surface area contributed by atoms with Crippen LogP contribution in [-0.2, 0) is 16.0 Å². The molecule has 3 N–H and O–H groups in total. The van der Waals surface area contributed by atoms with Gasteiger partial charge in [-0.25, -0.2) is 9.67 Å². The first-order valence-electron chi connectivity index (χ1n) is 8.23. The van der Waals surface area contributed by atoms with Crippen LogP contribution in [0.25, 0.3) is 0 Å². The minimum Gasteiger partial charge on any atom is -0.322 e. The van der Waals surface area contributed by atoms with Gasteiger partial charge in [-0.05, 0) is 32.8 Å². The zero-order valence-corrected chi connectivity index (χ0v) is 15.3. The van der Waals surface area contributed by atoms with Crippen LogP contribution in [-0.4, -0.2) is 32.6 Å². The molecule has 1 aliphatic rings. The first-order valence-corrected chi connectivity index (χ1v) is 9.11. The summed E-state index contributed by atoms with van der Waals surface area (Å²) < 4.78 is 1.79. The minimum atomic E-state index is -0.354. The molecule has 2 amide bonds. The number of aryl methyl sites for hydroxylation is 1. The van der Waals surface area contributed by atoms with Crippen LogP contribution in [0.5, 0.6) is 0 Å². The van der Waals surface area contributed by atoms with E-state index in [1.54, 1.807) is 10.9 Å². The van der Waals surface area contributed by atoms with E-state index in [9.17, 15) is 9.59 Å². The summed E-state index contributed by atoms with van der Waals surface area (Å²) in [5.41, 5.74) is 2.85. The van der Waals surface area contributed by atoms with Crippen molar-refractivity contribution in [3.8, 4) is 0 Å². The molecule has 0 saturated carbocycles. The summed E-state index contributed by atoms with van der Waals surface area (Å²) in [5.74, 6) is -0.0626. The number of carbonyl (C=O) groups excluding carboxylic acids is 2. The normalized spacial score (nSPS) is 20.4. The van der Waals surface area contributed by atoms with E-state index in [0.29, 0.717) is 24.4 Å². The molecule has 9 heteroatoms. The highest BCUT2D eigenvalue weighted by Gasteiger charge is 2.26. The van der Waals surface area contributed by atoms with E-state index in [-0.39, 0.29) is 24.1 Å². The first-order chi connectivity index (χ1) is 11.9. The minimum absolute atomic E-state index is 0.00757. The standard InChI is InChI=1S/C16H22N6O2S/c1-9-8-14(24)19-15(18-9)22-11(3)12(10(2)21-22)4-5-13(23)20-16-17-6-7-25-16/h6-7,9,15,18H,4-5,8H2,1-3H3,(H,19,24)(H,17,20,23). The predicted molar refractivity (Wildman–Crippen MR) is 95.2 cm³/mol. The Morgan fingerprint density at radius 1 is 1.48 bits per heavy atom. The van der Waals surface area contributed by atoms with E-state index in [4.69, 9.17) is 0 Å². The fourth-order valence-electron chi connectivity index (χ4n) is 3.01. The molecular formula is C16H22N6O2S. The lowest BCUT2D eigenvalue weighted by atomic mass is 10.1. The van der Waals surface area contributed by atoms with Gasteiger partial charge in [0, 0.05) is 36.2 Å². The van der Waals surface area contributed by atoms with Gasteiger partial charge in [0.2, 0.25) is 11.8 Å². The average molecular weight is 362 g/mol. The Bertz CT molecular complexity index is 770. The van der Waals surface area contributed by atoms with Crippen LogP contribution in [0.3, 0.4) is 0 Å². The van der Waals surface area contributed by atoms with E-state index in [0.717, 1.165) is 17.0 Å². The molecule has 0 aliphatic carbocycles. The van der Waals surface area contributed by atoms with E-state index in [2.05, 4.69) is 26.0 Å². The smallest absolute Gasteiger partial charge is 0.226 e. The van der Waals surface area contributed by atoms with Gasteiger partial charge in [-0.15, -0.1) is 11.3 Å². The largest absolute Gasteiger partial charge is 0.322 e. The van der Waals surface area contributed by atoms with Crippen molar-refractivity contribution in [2.75, 3.05) is 5.32 Å². The Balaban J connectivity index is 1.67. The maximum Gasteiger partial charge on any atom is 0.226 e. The number of aromatic nitrogens is 3. The van der Waals surface area contributed by atoms with E-state index >= 15 is 0 Å². The highest BCUT2D eigenvalue weighted by molar-refractivity contribution is 7.13. The van der Waals surface area contributed by atoms with Gasteiger partial charge < -0.3 is 10.6 Å². The second kappa shape index (κ2) is 7.32. The molecule has 3 rings (SSSR count). The van der Waals surface area contributed by atoms with E-state index in [1.807, 2.05) is 26.2 Å². The summed E-state index contributed by atoms with van der Waals surface area (Å²) in [4.78, 5) is 27.9. The predicted octanol–water partition coefficient (Wildman–Crippen LogP) is 1.48. The van der Waals surface area contributed by atoms with Crippen LogP contribution in [0.1, 0.15) is 43.0 Å². The van der Waals surface area contributed by atoms with Gasteiger partial charge >= 0.3 is 0 Å². The molecule has 3 heterocycles. The summed E-state index contributed by atoms with van der Waals surface area (Å²) in [5, 5.41) is 16.0. The van der Waals surface area contributed by atoms with Crippen LogP contribution < -0.4 is 16.0 Å². The average Bonchev–Trinajstić information content (AvgIpc) is 3.13. The molecule has 2 aromatic rings. The van der Waals surface area contributed by atoms with Gasteiger partial charge in [-0.3, -0.25) is 14.9 Å². The number of thiazole rings is 1. The lowest BCUT2D eigenvalue weighted by Gasteiger charge is -2.30. The molecule has 0 aromatic carbocycles. The maximum absolute atomic E-state index is 12.1. The molecule has 8 nitrogen and oxygen atoms in total. The van der Waals surface area contributed by atoms with Gasteiger partial charge in [0.1, 0.15) is 0 Å². The monoisotopic (exact) mass is 362 g/mol. The summed E-state index contributed by atoms with van der Waals surface area (Å²) >= 11 is 1.39. The molecular weight excluding hydrogens is 340 g/mol. The van der Waals surface area contributed by atoms with E-state index < -0.39 is 0 Å². The topological polar surface area (TPSA) is 101 Å². The Kier molecular flexibility index (Phi) is 5.14. The van der Waals surface area contributed by atoms with Gasteiger partial charge in [0.15, 0.2) is 11.4 Å². The summed E-state index contributed by atoms with van der Waals surface area (Å²) in [6, 6.07) is 0.0928. The van der Waals surface area contributed by atoms with Crippen LogP contribution in [0.15, 0.2) is 11.6 Å². The third kappa shape index (κ3) is 4.05. The summed E-state index contributed by atoms with van der Waals surface area (Å²) in [6.07, 6.45) is 2.71. The number of amides is 2. The van der Waals surface area contributed by atoms with Crippen molar-refractivity contribution in [1.82, 2.24) is 25.4 Å². The van der Waals surface area contributed by atoms with Crippen molar-refractivity contribution in [1.29, 1.82) is 0 Å². The highest BCUT2D eigenvalue weighted by Crippen LogP contribution is 2.20. The van der Waals surface area contributed by atoms with Gasteiger partial charge in [-0.1, -0.05) is 0 Å². The van der Waals surface area contributed by atoms with E-state index in [1.165, 1.54) is 11.3 Å². The van der Waals surface area contributed by atoms with Gasteiger partial charge in [0.05, 0.1) is 5.69 Å². The third-order valence-electron chi connectivity index (χ3n) is 4.23. The molecule has 0 spiro atoms. The van der Waals surface area contributed by atoms with Crippen molar-refractivity contribution in [2.45, 2.75) is 52.4 Å². The number of hydrogen-bond donors (Lipinski definition) is 3. The number of anilines is 1. The molecule has 25 heavy (non-hydrogen) atoms. The SMILES string of the molecule is Cc1nn(C2NC(=O)CC(C)N2)c(C)c1CCC(=O)Nc1nccs1. The maximum atomic E-state index is 12.1.